The van der Waals surface area contributed by atoms with E-state index in [0.717, 1.165) is 19.3 Å². The van der Waals surface area contributed by atoms with Crippen molar-refractivity contribution < 1.29 is 9.50 Å². The lowest BCUT2D eigenvalue weighted by molar-refractivity contribution is 0.0230. The molecule has 2 rings (SSSR count). The molecular weight excluding hydrogens is 333 g/mol. The van der Waals surface area contributed by atoms with Crippen molar-refractivity contribution in [3.63, 3.8) is 0 Å². The molecule has 114 valence electrons. The van der Waals surface area contributed by atoms with Crippen LogP contribution >= 0.6 is 15.9 Å². The third-order valence-electron chi connectivity index (χ3n) is 4.69. The summed E-state index contributed by atoms with van der Waals surface area (Å²) in [6.07, 6.45) is 4.67. The maximum absolute atomic E-state index is 13.5. The van der Waals surface area contributed by atoms with Crippen molar-refractivity contribution >= 4 is 15.9 Å². The van der Waals surface area contributed by atoms with Crippen LogP contribution in [0.25, 0.3) is 0 Å². The van der Waals surface area contributed by atoms with Crippen molar-refractivity contribution in [1.29, 1.82) is 5.26 Å². The number of aliphatic hydroxyl groups excluding tert-OH is 1. The maximum atomic E-state index is 13.5. The van der Waals surface area contributed by atoms with Gasteiger partial charge in [0.25, 0.3) is 0 Å². The third-order valence-corrected chi connectivity index (χ3v) is 5.42. The summed E-state index contributed by atoms with van der Waals surface area (Å²) in [6, 6.07) is 6.59. The second-order valence-electron chi connectivity index (χ2n) is 6.07. The Morgan fingerprint density at radius 2 is 2.14 bits per heavy atom. The first-order chi connectivity index (χ1) is 10.0. The smallest absolute Gasteiger partial charge is 0.123 e. The molecule has 4 heteroatoms. The van der Waals surface area contributed by atoms with E-state index in [9.17, 15) is 14.8 Å². The van der Waals surface area contributed by atoms with Crippen LogP contribution in [0.4, 0.5) is 4.39 Å². The van der Waals surface area contributed by atoms with Crippen molar-refractivity contribution in [2.45, 2.75) is 51.6 Å². The van der Waals surface area contributed by atoms with Gasteiger partial charge in [-0.25, -0.2) is 4.39 Å². The first kappa shape index (κ1) is 16.5. The Morgan fingerprint density at radius 1 is 1.48 bits per heavy atom. The van der Waals surface area contributed by atoms with Gasteiger partial charge in [-0.3, -0.25) is 0 Å². The van der Waals surface area contributed by atoms with Crippen LogP contribution in [0, 0.1) is 28.5 Å². The molecule has 0 aliphatic heterocycles. The van der Waals surface area contributed by atoms with Gasteiger partial charge in [0, 0.05) is 4.47 Å². The van der Waals surface area contributed by atoms with E-state index < -0.39 is 11.5 Å². The Balaban J connectivity index is 2.22. The number of hydrogen-bond donors (Lipinski definition) is 1. The molecule has 1 saturated carbocycles. The van der Waals surface area contributed by atoms with Gasteiger partial charge in [-0.1, -0.05) is 35.7 Å². The zero-order valence-corrected chi connectivity index (χ0v) is 13.9. The zero-order chi connectivity index (χ0) is 15.5. The third kappa shape index (κ3) is 3.46. The molecule has 21 heavy (non-hydrogen) atoms. The summed E-state index contributed by atoms with van der Waals surface area (Å²) in [6.45, 7) is 2.17. The van der Waals surface area contributed by atoms with Crippen molar-refractivity contribution in [3.05, 3.63) is 34.1 Å². The van der Waals surface area contributed by atoms with E-state index in [1.807, 2.05) is 0 Å². The molecule has 0 saturated heterocycles. The van der Waals surface area contributed by atoms with Crippen LogP contribution in [0.15, 0.2) is 22.7 Å². The highest BCUT2D eigenvalue weighted by molar-refractivity contribution is 9.10. The molecule has 0 bridgehead atoms. The Morgan fingerprint density at radius 3 is 2.71 bits per heavy atom. The summed E-state index contributed by atoms with van der Waals surface area (Å²) in [5.41, 5.74) is -0.314. The quantitative estimate of drug-likeness (QED) is 0.815. The SMILES string of the molecule is CCCC1CCC(C#N)(C(O)c2cc(F)ccc2Br)CC1. The molecule has 1 aromatic rings. The van der Waals surface area contributed by atoms with Gasteiger partial charge < -0.3 is 5.11 Å². The highest BCUT2D eigenvalue weighted by Crippen LogP contribution is 2.49. The summed E-state index contributed by atoms with van der Waals surface area (Å²) in [5, 5.41) is 20.3. The van der Waals surface area contributed by atoms with Gasteiger partial charge in [0.15, 0.2) is 0 Å². The van der Waals surface area contributed by atoms with Crippen LogP contribution in [0.5, 0.6) is 0 Å². The number of rotatable bonds is 4. The van der Waals surface area contributed by atoms with E-state index in [1.54, 1.807) is 6.07 Å². The molecule has 1 fully saturated rings. The molecule has 1 unspecified atom stereocenters. The topological polar surface area (TPSA) is 44.0 Å². The maximum Gasteiger partial charge on any atom is 0.123 e. The van der Waals surface area contributed by atoms with Crippen LogP contribution < -0.4 is 0 Å². The Hall–Kier alpha value is -0.920. The minimum Gasteiger partial charge on any atom is -0.387 e. The predicted molar refractivity (Wildman–Crippen MR) is 84.0 cm³/mol. The van der Waals surface area contributed by atoms with E-state index in [-0.39, 0.29) is 5.82 Å². The lowest BCUT2D eigenvalue weighted by atomic mass is 9.66. The monoisotopic (exact) mass is 353 g/mol. The summed E-state index contributed by atoms with van der Waals surface area (Å²) < 4.78 is 14.1. The summed E-state index contributed by atoms with van der Waals surface area (Å²) in [7, 11) is 0. The van der Waals surface area contributed by atoms with Crippen LogP contribution in [0.2, 0.25) is 0 Å². The number of aliphatic hydroxyl groups is 1. The minimum atomic E-state index is -0.949. The molecule has 1 atom stereocenters. The molecule has 1 N–H and O–H groups in total. The molecule has 2 nitrogen and oxygen atoms in total. The van der Waals surface area contributed by atoms with E-state index in [4.69, 9.17) is 0 Å². The summed E-state index contributed by atoms with van der Waals surface area (Å²) in [5.74, 6) is 0.264. The summed E-state index contributed by atoms with van der Waals surface area (Å²) in [4.78, 5) is 0. The predicted octanol–water partition coefficient (Wildman–Crippen LogP) is 5.12. The molecule has 0 heterocycles. The van der Waals surface area contributed by atoms with Crippen molar-refractivity contribution in [3.8, 4) is 6.07 Å². The second kappa shape index (κ2) is 6.89. The van der Waals surface area contributed by atoms with Gasteiger partial charge >= 0.3 is 0 Å². The largest absolute Gasteiger partial charge is 0.387 e. The van der Waals surface area contributed by atoms with Crippen LogP contribution in [0.3, 0.4) is 0 Å². The number of nitriles is 1. The Labute approximate surface area is 134 Å². The van der Waals surface area contributed by atoms with Gasteiger partial charge in [0.2, 0.25) is 0 Å². The number of halogens is 2. The van der Waals surface area contributed by atoms with Crippen LogP contribution in [-0.2, 0) is 0 Å². The lowest BCUT2D eigenvalue weighted by Crippen LogP contribution is -2.32. The standard InChI is InChI=1S/C17H21BrFNO/c1-2-3-12-6-8-17(11-20,9-7-12)16(21)14-10-13(19)4-5-15(14)18/h4-5,10,12,16,21H,2-3,6-9H2,1H3. The highest BCUT2D eigenvalue weighted by atomic mass is 79.9. The van der Waals surface area contributed by atoms with Gasteiger partial charge in [-0.15, -0.1) is 0 Å². The highest BCUT2D eigenvalue weighted by Gasteiger charge is 2.42. The molecule has 0 amide bonds. The fraction of sp³-hybridized carbons (Fsp3) is 0.588. The molecule has 1 aliphatic rings. The number of benzene rings is 1. The first-order valence-corrected chi connectivity index (χ1v) is 8.36. The van der Waals surface area contributed by atoms with Crippen LogP contribution in [-0.4, -0.2) is 5.11 Å². The molecule has 1 aliphatic carbocycles. The summed E-state index contributed by atoms with van der Waals surface area (Å²) >= 11 is 3.35. The average molecular weight is 354 g/mol. The van der Waals surface area contributed by atoms with E-state index in [1.165, 1.54) is 18.6 Å². The molecular formula is C17H21BrFNO. The van der Waals surface area contributed by atoms with E-state index in [2.05, 4.69) is 28.9 Å². The Bertz CT molecular complexity index is 532. The molecule has 1 aromatic carbocycles. The van der Waals surface area contributed by atoms with Crippen molar-refractivity contribution in [2.75, 3.05) is 0 Å². The van der Waals surface area contributed by atoms with Crippen LogP contribution in [0.1, 0.15) is 57.1 Å². The molecule has 0 spiro atoms. The molecule has 0 radical (unpaired) electrons. The average Bonchev–Trinajstić information content (AvgIpc) is 2.50. The van der Waals surface area contributed by atoms with Gasteiger partial charge in [-0.2, -0.15) is 5.26 Å². The normalized spacial score (nSPS) is 27.1. The number of nitrogens with zero attached hydrogens (tertiary/aromatic N) is 1. The fourth-order valence-corrected chi connectivity index (χ4v) is 3.82. The molecule has 0 aromatic heterocycles. The Kier molecular flexibility index (Phi) is 5.40. The van der Waals surface area contributed by atoms with Crippen molar-refractivity contribution in [2.24, 2.45) is 11.3 Å². The van der Waals surface area contributed by atoms with Crippen molar-refractivity contribution in [1.82, 2.24) is 0 Å². The van der Waals surface area contributed by atoms with Gasteiger partial charge in [-0.05, 0) is 55.4 Å². The lowest BCUT2D eigenvalue weighted by Gasteiger charge is -2.38. The zero-order valence-electron chi connectivity index (χ0n) is 12.3. The number of hydrogen-bond acceptors (Lipinski definition) is 2. The second-order valence-corrected chi connectivity index (χ2v) is 6.92. The fourth-order valence-electron chi connectivity index (χ4n) is 3.36. The van der Waals surface area contributed by atoms with E-state index in [0.29, 0.717) is 28.8 Å². The van der Waals surface area contributed by atoms with E-state index >= 15 is 0 Å². The first-order valence-electron chi connectivity index (χ1n) is 7.56. The van der Waals surface area contributed by atoms with Gasteiger partial charge in [0.05, 0.1) is 17.6 Å². The minimum absolute atomic E-state index is 0.389. The van der Waals surface area contributed by atoms with Gasteiger partial charge in [0.1, 0.15) is 5.82 Å².